The van der Waals surface area contributed by atoms with Crippen LogP contribution in [0.2, 0.25) is 0 Å². The first kappa shape index (κ1) is 14.7. The van der Waals surface area contributed by atoms with Crippen LogP contribution in [0.25, 0.3) is 0 Å². The van der Waals surface area contributed by atoms with E-state index in [1.807, 2.05) is 0 Å². The molecule has 0 amide bonds. The monoisotopic (exact) mass is 327 g/mol. The van der Waals surface area contributed by atoms with E-state index in [1.165, 1.54) is 24.0 Å². The van der Waals surface area contributed by atoms with Crippen LogP contribution in [0.5, 0.6) is 11.5 Å². The Balaban J connectivity index is 2.26. The fourth-order valence-corrected chi connectivity index (χ4v) is 3.33. The number of rotatable bonds is 4. The number of hydrogen-bond donors (Lipinski definition) is 1. The largest absolute Gasteiger partial charge is 0.493 e. The van der Waals surface area contributed by atoms with Crippen molar-refractivity contribution in [2.24, 2.45) is 5.92 Å². The van der Waals surface area contributed by atoms with E-state index in [9.17, 15) is 0 Å². The molecule has 1 aliphatic rings. The van der Waals surface area contributed by atoms with Crippen LogP contribution in [0.4, 0.5) is 0 Å². The fourth-order valence-electron chi connectivity index (χ4n) is 2.71. The highest BCUT2D eigenvalue weighted by Gasteiger charge is 2.19. The molecule has 1 heterocycles. The molecule has 0 radical (unpaired) electrons. The molecule has 1 aromatic carbocycles. The molecule has 1 aliphatic heterocycles. The van der Waals surface area contributed by atoms with Crippen LogP contribution < -0.4 is 14.8 Å². The Kier molecular flexibility index (Phi) is 5.11. The summed E-state index contributed by atoms with van der Waals surface area (Å²) in [5, 5.41) is 3.47. The summed E-state index contributed by atoms with van der Waals surface area (Å²) in [4.78, 5) is 0. The normalized spacial score (nSPS) is 19.3. The van der Waals surface area contributed by atoms with E-state index >= 15 is 0 Å². The first-order valence-electron chi connectivity index (χ1n) is 6.78. The number of hydrogen-bond acceptors (Lipinski definition) is 3. The summed E-state index contributed by atoms with van der Waals surface area (Å²) in [5.41, 5.74) is 2.60. The van der Waals surface area contributed by atoms with Crippen molar-refractivity contribution in [1.29, 1.82) is 0 Å². The summed E-state index contributed by atoms with van der Waals surface area (Å²) in [6.07, 6.45) is 3.67. The van der Waals surface area contributed by atoms with Crippen LogP contribution in [0, 0.1) is 12.8 Å². The molecule has 1 unspecified atom stereocenters. The summed E-state index contributed by atoms with van der Waals surface area (Å²) in [6.45, 7) is 4.41. The maximum absolute atomic E-state index is 5.43. The number of piperidine rings is 1. The second-order valence-electron chi connectivity index (χ2n) is 5.13. The molecule has 1 atom stereocenters. The third-order valence-electron chi connectivity index (χ3n) is 3.87. The topological polar surface area (TPSA) is 30.5 Å². The van der Waals surface area contributed by atoms with Crippen molar-refractivity contribution in [1.82, 2.24) is 5.32 Å². The number of nitrogens with one attached hydrogen (secondary N) is 1. The van der Waals surface area contributed by atoms with Crippen molar-refractivity contribution >= 4 is 15.9 Å². The predicted octanol–water partition coefficient (Wildman–Crippen LogP) is 3.32. The molecule has 0 aliphatic carbocycles. The summed E-state index contributed by atoms with van der Waals surface area (Å²) >= 11 is 3.63. The molecule has 4 heteroatoms. The summed E-state index contributed by atoms with van der Waals surface area (Å²) in [5.74, 6) is 2.31. The van der Waals surface area contributed by atoms with E-state index in [0.29, 0.717) is 0 Å². The van der Waals surface area contributed by atoms with E-state index in [2.05, 4.69) is 34.2 Å². The van der Waals surface area contributed by atoms with Crippen LogP contribution in [-0.4, -0.2) is 27.3 Å². The van der Waals surface area contributed by atoms with Crippen LogP contribution >= 0.6 is 15.9 Å². The lowest BCUT2D eigenvalue weighted by molar-refractivity contribution is 0.349. The lowest BCUT2D eigenvalue weighted by Crippen LogP contribution is -2.31. The number of methoxy groups -OCH3 is 2. The summed E-state index contributed by atoms with van der Waals surface area (Å²) < 4.78 is 11.8. The van der Waals surface area contributed by atoms with Gasteiger partial charge < -0.3 is 14.8 Å². The van der Waals surface area contributed by atoms with Gasteiger partial charge in [-0.05, 0) is 78.3 Å². The molecule has 19 heavy (non-hydrogen) atoms. The molecule has 0 spiro atoms. The minimum Gasteiger partial charge on any atom is -0.493 e. The Labute approximate surface area is 123 Å². The maximum atomic E-state index is 5.43. The Bertz CT molecular complexity index is 442. The van der Waals surface area contributed by atoms with Gasteiger partial charge in [-0.3, -0.25) is 0 Å². The molecule has 1 saturated heterocycles. The minimum atomic E-state index is 0.720. The van der Waals surface area contributed by atoms with Crippen LogP contribution in [0.3, 0.4) is 0 Å². The molecule has 0 bridgehead atoms. The zero-order valence-corrected chi connectivity index (χ0v) is 13.5. The molecular weight excluding hydrogens is 306 g/mol. The molecule has 2 rings (SSSR count). The zero-order chi connectivity index (χ0) is 13.8. The SMILES string of the molecule is COc1cc(CC2CCCNC2)c(C)c(Br)c1OC. The van der Waals surface area contributed by atoms with Crippen molar-refractivity contribution in [2.75, 3.05) is 27.3 Å². The zero-order valence-electron chi connectivity index (χ0n) is 11.9. The standard InChI is InChI=1S/C15H22BrNO2/c1-10-12(7-11-5-4-6-17-9-11)8-13(18-2)15(19-3)14(10)16/h8,11,17H,4-7,9H2,1-3H3. The van der Waals surface area contributed by atoms with E-state index in [1.54, 1.807) is 14.2 Å². The van der Waals surface area contributed by atoms with Crippen molar-refractivity contribution < 1.29 is 9.47 Å². The molecule has 0 saturated carbocycles. The molecule has 1 N–H and O–H groups in total. The Hall–Kier alpha value is -0.740. The first-order valence-corrected chi connectivity index (χ1v) is 7.57. The van der Waals surface area contributed by atoms with Gasteiger partial charge in [0.2, 0.25) is 0 Å². The van der Waals surface area contributed by atoms with Gasteiger partial charge in [0.15, 0.2) is 11.5 Å². The van der Waals surface area contributed by atoms with Crippen molar-refractivity contribution in [2.45, 2.75) is 26.2 Å². The number of ether oxygens (including phenoxy) is 2. The second kappa shape index (κ2) is 6.62. The van der Waals surface area contributed by atoms with E-state index < -0.39 is 0 Å². The van der Waals surface area contributed by atoms with E-state index in [-0.39, 0.29) is 0 Å². The fraction of sp³-hybridized carbons (Fsp3) is 0.600. The van der Waals surface area contributed by atoms with Gasteiger partial charge in [0, 0.05) is 0 Å². The molecule has 1 aromatic rings. The van der Waals surface area contributed by atoms with Gasteiger partial charge >= 0.3 is 0 Å². The van der Waals surface area contributed by atoms with E-state index in [4.69, 9.17) is 9.47 Å². The highest BCUT2D eigenvalue weighted by atomic mass is 79.9. The van der Waals surface area contributed by atoms with Crippen LogP contribution in [0.1, 0.15) is 24.0 Å². The second-order valence-corrected chi connectivity index (χ2v) is 5.92. The molecule has 106 valence electrons. The molecular formula is C15H22BrNO2. The van der Waals surface area contributed by atoms with Gasteiger partial charge in [0.25, 0.3) is 0 Å². The van der Waals surface area contributed by atoms with Crippen LogP contribution in [-0.2, 0) is 6.42 Å². The lowest BCUT2D eigenvalue weighted by Gasteiger charge is -2.24. The summed E-state index contributed by atoms with van der Waals surface area (Å²) in [6, 6.07) is 2.12. The Morgan fingerprint density at radius 3 is 2.74 bits per heavy atom. The molecule has 1 fully saturated rings. The van der Waals surface area contributed by atoms with Gasteiger partial charge in [-0.2, -0.15) is 0 Å². The highest BCUT2D eigenvalue weighted by molar-refractivity contribution is 9.10. The van der Waals surface area contributed by atoms with Gasteiger partial charge in [-0.25, -0.2) is 0 Å². The van der Waals surface area contributed by atoms with Gasteiger partial charge in [-0.1, -0.05) is 0 Å². The average Bonchev–Trinajstić information content (AvgIpc) is 2.45. The predicted molar refractivity (Wildman–Crippen MR) is 81.3 cm³/mol. The number of halogens is 1. The van der Waals surface area contributed by atoms with E-state index in [0.717, 1.165) is 41.4 Å². The summed E-state index contributed by atoms with van der Waals surface area (Å²) in [7, 11) is 3.36. The van der Waals surface area contributed by atoms with Gasteiger partial charge in [0.05, 0.1) is 18.7 Å². The first-order chi connectivity index (χ1) is 9.17. The van der Waals surface area contributed by atoms with Crippen molar-refractivity contribution in [3.05, 3.63) is 21.7 Å². The Morgan fingerprint density at radius 1 is 1.37 bits per heavy atom. The van der Waals surface area contributed by atoms with Gasteiger partial charge in [0.1, 0.15) is 0 Å². The smallest absolute Gasteiger partial charge is 0.175 e. The Morgan fingerprint density at radius 2 is 2.16 bits per heavy atom. The minimum absolute atomic E-state index is 0.720. The van der Waals surface area contributed by atoms with Crippen molar-refractivity contribution in [3.63, 3.8) is 0 Å². The molecule has 0 aromatic heterocycles. The van der Waals surface area contributed by atoms with Gasteiger partial charge in [-0.15, -0.1) is 0 Å². The average molecular weight is 328 g/mol. The third kappa shape index (κ3) is 3.23. The molecule has 3 nitrogen and oxygen atoms in total. The van der Waals surface area contributed by atoms with Crippen LogP contribution in [0.15, 0.2) is 10.5 Å². The highest BCUT2D eigenvalue weighted by Crippen LogP contribution is 2.40. The lowest BCUT2D eigenvalue weighted by atomic mass is 9.90. The maximum Gasteiger partial charge on any atom is 0.175 e. The van der Waals surface area contributed by atoms with Crippen molar-refractivity contribution in [3.8, 4) is 11.5 Å². The number of benzene rings is 1. The third-order valence-corrected chi connectivity index (χ3v) is 4.83. The quantitative estimate of drug-likeness (QED) is 0.920.